The van der Waals surface area contributed by atoms with Gasteiger partial charge in [-0.15, -0.1) is 0 Å². The van der Waals surface area contributed by atoms with Gasteiger partial charge in [-0.2, -0.15) is 0 Å². The van der Waals surface area contributed by atoms with Crippen LogP contribution in [0, 0.1) is 0 Å². The lowest BCUT2D eigenvalue weighted by Crippen LogP contribution is -2.40. The molecule has 0 amide bonds. The van der Waals surface area contributed by atoms with Gasteiger partial charge in [-0.3, -0.25) is 0 Å². The molecule has 0 bridgehead atoms. The van der Waals surface area contributed by atoms with E-state index in [1.165, 1.54) is 32.5 Å². The molecule has 116 valence electrons. The molecule has 0 radical (unpaired) electrons. The van der Waals surface area contributed by atoms with E-state index < -0.39 is 0 Å². The zero-order valence-corrected chi connectivity index (χ0v) is 13.8. The standard InChI is InChI=1S/C8H18N2.C7H18N2/c1-3-10(2)8-4-6-9-7-5-8;1-4-8-6-7-9(3)5-2/h8-9H,3-7H2,1-2H3;8H,4-7H2,1-3H3. The monoisotopic (exact) mass is 272 g/mol. The van der Waals surface area contributed by atoms with Crippen molar-refractivity contribution in [2.75, 3.05) is 59.9 Å². The van der Waals surface area contributed by atoms with E-state index in [1.807, 2.05) is 0 Å². The molecule has 1 heterocycles. The molecule has 1 aliphatic heterocycles. The van der Waals surface area contributed by atoms with Crippen molar-refractivity contribution < 1.29 is 0 Å². The molecule has 4 heteroatoms. The highest BCUT2D eigenvalue weighted by atomic mass is 15.1. The van der Waals surface area contributed by atoms with Crippen LogP contribution in [0.4, 0.5) is 0 Å². The maximum atomic E-state index is 3.37. The van der Waals surface area contributed by atoms with Crippen LogP contribution in [-0.4, -0.2) is 75.8 Å². The van der Waals surface area contributed by atoms with Crippen molar-refractivity contribution in [3.05, 3.63) is 0 Å². The molecule has 0 saturated carbocycles. The van der Waals surface area contributed by atoms with Crippen molar-refractivity contribution in [3.63, 3.8) is 0 Å². The molecular weight excluding hydrogens is 236 g/mol. The second kappa shape index (κ2) is 12.9. The molecule has 0 aromatic carbocycles. The minimum absolute atomic E-state index is 0.839. The second-order valence-corrected chi connectivity index (χ2v) is 5.30. The molecule has 1 rings (SSSR count). The number of rotatable bonds is 7. The van der Waals surface area contributed by atoms with Crippen LogP contribution in [0.5, 0.6) is 0 Å². The summed E-state index contributed by atoms with van der Waals surface area (Å²) in [6.07, 6.45) is 2.65. The highest BCUT2D eigenvalue weighted by Gasteiger charge is 2.15. The molecule has 0 unspecified atom stereocenters. The quantitative estimate of drug-likeness (QED) is 0.683. The first-order valence-corrected chi connectivity index (χ1v) is 7.95. The number of nitrogens with zero attached hydrogens (tertiary/aromatic N) is 2. The van der Waals surface area contributed by atoms with E-state index in [2.05, 4.69) is 55.3 Å². The van der Waals surface area contributed by atoms with Crippen molar-refractivity contribution in [3.8, 4) is 0 Å². The van der Waals surface area contributed by atoms with Gasteiger partial charge in [0.2, 0.25) is 0 Å². The van der Waals surface area contributed by atoms with E-state index in [0.717, 1.165) is 32.2 Å². The number of nitrogens with one attached hydrogen (secondary N) is 2. The zero-order valence-electron chi connectivity index (χ0n) is 13.8. The van der Waals surface area contributed by atoms with Gasteiger partial charge in [-0.25, -0.2) is 0 Å². The maximum Gasteiger partial charge on any atom is 0.0116 e. The van der Waals surface area contributed by atoms with Crippen molar-refractivity contribution in [1.82, 2.24) is 20.4 Å². The Balaban J connectivity index is 0.000000344. The van der Waals surface area contributed by atoms with Crippen LogP contribution in [0.3, 0.4) is 0 Å². The lowest BCUT2D eigenvalue weighted by atomic mass is 10.1. The van der Waals surface area contributed by atoms with Gasteiger partial charge in [0.25, 0.3) is 0 Å². The summed E-state index contributed by atoms with van der Waals surface area (Å²) < 4.78 is 0. The smallest absolute Gasteiger partial charge is 0.0116 e. The molecule has 19 heavy (non-hydrogen) atoms. The van der Waals surface area contributed by atoms with Gasteiger partial charge in [0.15, 0.2) is 0 Å². The third-order valence-electron chi connectivity index (χ3n) is 3.89. The largest absolute Gasteiger partial charge is 0.317 e. The Morgan fingerprint density at radius 2 is 1.68 bits per heavy atom. The minimum atomic E-state index is 0.839. The molecule has 0 aliphatic carbocycles. The van der Waals surface area contributed by atoms with Gasteiger partial charge in [0.1, 0.15) is 0 Å². The lowest BCUT2D eigenvalue weighted by Gasteiger charge is -2.30. The summed E-state index contributed by atoms with van der Waals surface area (Å²) in [5.41, 5.74) is 0. The fourth-order valence-corrected chi connectivity index (χ4v) is 2.11. The predicted octanol–water partition coefficient (Wildman–Crippen LogP) is 1.24. The maximum absolute atomic E-state index is 3.37. The van der Waals surface area contributed by atoms with E-state index in [9.17, 15) is 0 Å². The van der Waals surface area contributed by atoms with Crippen molar-refractivity contribution >= 4 is 0 Å². The molecule has 1 aliphatic rings. The molecular formula is C15H36N4. The Kier molecular flexibility index (Phi) is 12.7. The first-order chi connectivity index (χ1) is 9.15. The van der Waals surface area contributed by atoms with E-state index in [-0.39, 0.29) is 0 Å². The fraction of sp³-hybridized carbons (Fsp3) is 1.00. The molecule has 0 aromatic rings. The van der Waals surface area contributed by atoms with Gasteiger partial charge in [0.05, 0.1) is 0 Å². The summed E-state index contributed by atoms with van der Waals surface area (Å²) in [5, 5.41) is 6.64. The Bertz CT molecular complexity index is 181. The van der Waals surface area contributed by atoms with Crippen LogP contribution < -0.4 is 10.6 Å². The topological polar surface area (TPSA) is 30.5 Å². The van der Waals surface area contributed by atoms with E-state index in [0.29, 0.717) is 0 Å². The van der Waals surface area contributed by atoms with Crippen molar-refractivity contribution in [1.29, 1.82) is 0 Å². The summed E-state index contributed by atoms with van der Waals surface area (Å²) in [4.78, 5) is 4.74. The zero-order chi connectivity index (χ0) is 14.5. The third-order valence-corrected chi connectivity index (χ3v) is 3.89. The van der Waals surface area contributed by atoms with Gasteiger partial charge >= 0.3 is 0 Å². The molecule has 1 saturated heterocycles. The van der Waals surface area contributed by atoms with E-state index >= 15 is 0 Å². The number of hydrogen-bond acceptors (Lipinski definition) is 4. The second-order valence-electron chi connectivity index (χ2n) is 5.30. The van der Waals surface area contributed by atoms with Gasteiger partial charge in [-0.05, 0) is 59.7 Å². The molecule has 0 spiro atoms. The Morgan fingerprint density at radius 3 is 2.16 bits per heavy atom. The van der Waals surface area contributed by atoms with Crippen LogP contribution in [0.25, 0.3) is 0 Å². The predicted molar refractivity (Wildman–Crippen MR) is 85.9 cm³/mol. The molecule has 0 aromatic heterocycles. The third kappa shape index (κ3) is 10.3. The van der Waals surface area contributed by atoms with Crippen LogP contribution in [0.15, 0.2) is 0 Å². The summed E-state index contributed by atoms with van der Waals surface area (Å²) in [7, 11) is 4.35. The van der Waals surface area contributed by atoms with Crippen LogP contribution in [-0.2, 0) is 0 Å². The van der Waals surface area contributed by atoms with Crippen LogP contribution in [0.2, 0.25) is 0 Å². The Hall–Kier alpha value is -0.160. The first kappa shape index (κ1) is 18.8. The van der Waals surface area contributed by atoms with Gasteiger partial charge in [0, 0.05) is 19.1 Å². The van der Waals surface area contributed by atoms with Gasteiger partial charge < -0.3 is 20.4 Å². The summed E-state index contributed by atoms with van der Waals surface area (Å²) in [5.74, 6) is 0. The lowest BCUT2D eigenvalue weighted by molar-refractivity contribution is 0.208. The average molecular weight is 272 g/mol. The van der Waals surface area contributed by atoms with Crippen molar-refractivity contribution in [2.24, 2.45) is 0 Å². The van der Waals surface area contributed by atoms with Crippen molar-refractivity contribution in [2.45, 2.75) is 39.7 Å². The summed E-state index contributed by atoms with van der Waals surface area (Å²) in [6.45, 7) is 14.6. The molecule has 0 atom stereocenters. The first-order valence-electron chi connectivity index (χ1n) is 7.95. The van der Waals surface area contributed by atoms with Crippen LogP contribution in [0.1, 0.15) is 33.6 Å². The molecule has 1 fully saturated rings. The summed E-state index contributed by atoms with van der Waals surface area (Å²) >= 11 is 0. The minimum Gasteiger partial charge on any atom is -0.317 e. The van der Waals surface area contributed by atoms with E-state index in [4.69, 9.17) is 0 Å². The summed E-state index contributed by atoms with van der Waals surface area (Å²) in [6, 6.07) is 0.839. The SMILES string of the molecule is CCN(C)C1CCNCC1.CCNCCN(C)CC. The highest BCUT2D eigenvalue weighted by molar-refractivity contribution is 4.74. The van der Waals surface area contributed by atoms with Crippen LogP contribution >= 0.6 is 0 Å². The Morgan fingerprint density at radius 1 is 1.05 bits per heavy atom. The average Bonchev–Trinajstić information content (AvgIpc) is 2.48. The fourth-order valence-electron chi connectivity index (χ4n) is 2.11. The van der Waals surface area contributed by atoms with E-state index in [1.54, 1.807) is 0 Å². The van der Waals surface area contributed by atoms with Gasteiger partial charge in [-0.1, -0.05) is 20.8 Å². The normalized spacial score (nSPS) is 16.6. The highest BCUT2D eigenvalue weighted by Crippen LogP contribution is 2.08. The molecule has 2 N–H and O–H groups in total. The number of likely N-dealkylation sites (N-methyl/N-ethyl adjacent to an activating group) is 2. The number of hydrogen-bond donors (Lipinski definition) is 2. The number of piperidine rings is 1. The Labute approximate surface area is 120 Å². The molecule has 4 nitrogen and oxygen atoms in total.